The van der Waals surface area contributed by atoms with Gasteiger partial charge in [0.1, 0.15) is 0 Å². The van der Waals surface area contributed by atoms with Crippen molar-refractivity contribution in [1.82, 2.24) is 0 Å². The van der Waals surface area contributed by atoms with E-state index in [4.69, 9.17) is 10.9 Å². The number of aliphatic hydroxyl groups is 1. The number of hydrogen-bond donors (Lipinski definition) is 2. The Bertz CT molecular complexity index is 236. The van der Waals surface area contributed by atoms with Gasteiger partial charge in [0.25, 0.3) is 0 Å². The highest BCUT2D eigenvalue weighted by Crippen LogP contribution is 2.09. The summed E-state index contributed by atoms with van der Waals surface area (Å²) in [5.74, 6) is 5.77. The molecule has 3 nitrogen and oxygen atoms in total. The van der Waals surface area contributed by atoms with Crippen molar-refractivity contribution in [2.24, 2.45) is 5.84 Å². The zero-order valence-electron chi connectivity index (χ0n) is 7.85. The van der Waals surface area contributed by atoms with E-state index in [-0.39, 0.29) is 6.10 Å². The molecule has 0 bridgehead atoms. The van der Waals surface area contributed by atoms with Gasteiger partial charge < -0.3 is 10.1 Å². The Morgan fingerprint density at radius 2 is 2.00 bits per heavy atom. The molecule has 0 heterocycles. The first-order chi connectivity index (χ1) is 6.20. The van der Waals surface area contributed by atoms with Gasteiger partial charge in [-0.2, -0.15) is 0 Å². The van der Waals surface area contributed by atoms with Gasteiger partial charge in [0, 0.05) is 6.54 Å². The Morgan fingerprint density at radius 1 is 1.38 bits per heavy atom. The number of para-hydroxylation sites is 1. The Kier molecular flexibility index (Phi) is 3.73. The molecular weight excluding hydrogens is 164 g/mol. The summed E-state index contributed by atoms with van der Waals surface area (Å²) in [6.07, 6.45) is 0.389. The van der Waals surface area contributed by atoms with Crippen LogP contribution in [0.5, 0.6) is 0 Å². The molecule has 1 aromatic carbocycles. The zero-order chi connectivity index (χ0) is 9.68. The quantitative estimate of drug-likeness (QED) is 0.539. The van der Waals surface area contributed by atoms with Gasteiger partial charge in [0.2, 0.25) is 0 Å². The van der Waals surface area contributed by atoms with Crippen LogP contribution in [0.1, 0.15) is 13.3 Å². The first kappa shape index (κ1) is 10.0. The van der Waals surface area contributed by atoms with E-state index in [0.29, 0.717) is 13.0 Å². The third-order valence-corrected chi connectivity index (χ3v) is 1.88. The van der Waals surface area contributed by atoms with Crippen LogP contribution in [0, 0.1) is 0 Å². The van der Waals surface area contributed by atoms with E-state index in [2.05, 4.69) is 0 Å². The van der Waals surface area contributed by atoms with Gasteiger partial charge in [-0.25, -0.2) is 5.84 Å². The number of nitrogens with zero attached hydrogens (tertiary/aromatic N) is 1. The molecule has 13 heavy (non-hydrogen) atoms. The van der Waals surface area contributed by atoms with E-state index in [0.717, 1.165) is 5.69 Å². The van der Waals surface area contributed by atoms with Crippen molar-refractivity contribution in [1.29, 1.82) is 0 Å². The summed E-state index contributed by atoms with van der Waals surface area (Å²) < 4.78 is 0. The van der Waals surface area contributed by atoms with Crippen LogP contribution in [-0.2, 0) is 0 Å². The van der Waals surface area contributed by atoms with Crippen LogP contribution in [0.4, 0.5) is 5.69 Å². The molecule has 0 fully saturated rings. The maximum atomic E-state index is 9.07. The van der Waals surface area contributed by atoms with Crippen LogP contribution < -0.4 is 10.9 Å². The molecule has 0 amide bonds. The number of hydrazine groups is 1. The summed E-state index contributed by atoms with van der Waals surface area (Å²) in [7, 11) is 0. The van der Waals surface area contributed by atoms with Gasteiger partial charge in [0.15, 0.2) is 0 Å². The minimum Gasteiger partial charge on any atom is -0.393 e. The van der Waals surface area contributed by atoms with Crippen LogP contribution >= 0.6 is 0 Å². The van der Waals surface area contributed by atoms with Gasteiger partial charge in [-0.05, 0) is 25.5 Å². The van der Waals surface area contributed by atoms with Gasteiger partial charge >= 0.3 is 0 Å². The Balaban J connectivity index is 2.44. The fourth-order valence-corrected chi connectivity index (χ4v) is 1.07. The number of anilines is 1. The lowest BCUT2D eigenvalue weighted by atomic mass is 10.2. The van der Waals surface area contributed by atoms with Crippen LogP contribution in [0.2, 0.25) is 0 Å². The van der Waals surface area contributed by atoms with E-state index in [1.54, 1.807) is 11.9 Å². The van der Waals surface area contributed by atoms with E-state index in [1.807, 2.05) is 30.3 Å². The van der Waals surface area contributed by atoms with E-state index in [9.17, 15) is 0 Å². The Hall–Kier alpha value is -1.06. The second-order valence-electron chi connectivity index (χ2n) is 3.17. The van der Waals surface area contributed by atoms with E-state index >= 15 is 0 Å². The molecular formula is C10H16N2O. The molecule has 0 aliphatic carbocycles. The first-order valence-corrected chi connectivity index (χ1v) is 4.45. The molecule has 1 rings (SSSR count). The molecule has 0 aliphatic heterocycles. The normalized spacial score (nSPS) is 12.5. The highest BCUT2D eigenvalue weighted by atomic mass is 16.3. The average Bonchev–Trinajstić information content (AvgIpc) is 2.15. The SMILES string of the molecule is CC(O)CCN(N)c1ccccc1. The highest BCUT2D eigenvalue weighted by Gasteiger charge is 2.01. The maximum Gasteiger partial charge on any atom is 0.0529 e. The van der Waals surface area contributed by atoms with Crippen LogP contribution in [0.25, 0.3) is 0 Å². The number of rotatable bonds is 4. The van der Waals surface area contributed by atoms with Crippen molar-refractivity contribution in [3.63, 3.8) is 0 Å². The molecule has 0 saturated heterocycles. The van der Waals surface area contributed by atoms with Gasteiger partial charge in [-0.1, -0.05) is 18.2 Å². The van der Waals surface area contributed by atoms with Gasteiger partial charge in [-0.3, -0.25) is 0 Å². The lowest BCUT2D eigenvalue weighted by Gasteiger charge is -2.19. The van der Waals surface area contributed by atoms with Crippen molar-refractivity contribution in [3.8, 4) is 0 Å². The summed E-state index contributed by atoms with van der Waals surface area (Å²) in [6.45, 7) is 2.43. The second kappa shape index (κ2) is 4.84. The number of aliphatic hydroxyl groups excluding tert-OH is 1. The lowest BCUT2D eigenvalue weighted by molar-refractivity contribution is 0.186. The van der Waals surface area contributed by atoms with Crippen molar-refractivity contribution >= 4 is 5.69 Å². The molecule has 0 saturated carbocycles. The van der Waals surface area contributed by atoms with Crippen molar-refractivity contribution < 1.29 is 5.11 Å². The minimum absolute atomic E-state index is 0.297. The van der Waals surface area contributed by atoms with Crippen molar-refractivity contribution in [2.75, 3.05) is 11.6 Å². The number of benzene rings is 1. The van der Waals surface area contributed by atoms with E-state index < -0.39 is 0 Å². The standard InChI is InChI=1S/C10H16N2O/c1-9(13)7-8-12(11)10-5-3-2-4-6-10/h2-6,9,13H,7-8,11H2,1H3. The lowest BCUT2D eigenvalue weighted by Crippen LogP contribution is -2.33. The summed E-state index contributed by atoms with van der Waals surface area (Å²) in [6, 6.07) is 9.73. The smallest absolute Gasteiger partial charge is 0.0529 e. The summed E-state index contributed by atoms with van der Waals surface area (Å²) >= 11 is 0. The summed E-state index contributed by atoms with van der Waals surface area (Å²) in [5, 5.41) is 10.7. The average molecular weight is 180 g/mol. The molecule has 1 unspecified atom stereocenters. The second-order valence-corrected chi connectivity index (χ2v) is 3.17. The largest absolute Gasteiger partial charge is 0.393 e. The molecule has 0 radical (unpaired) electrons. The molecule has 0 spiro atoms. The summed E-state index contributed by atoms with van der Waals surface area (Å²) in [4.78, 5) is 0. The fourth-order valence-electron chi connectivity index (χ4n) is 1.07. The predicted molar refractivity (Wildman–Crippen MR) is 54.3 cm³/mol. The molecule has 72 valence electrons. The molecule has 0 aromatic heterocycles. The molecule has 1 aromatic rings. The van der Waals surface area contributed by atoms with Crippen molar-refractivity contribution in [2.45, 2.75) is 19.4 Å². The first-order valence-electron chi connectivity index (χ1n) is 4.45. The van der Waals surface area contributed by atoms with Gasteiger partial charge in [-0.15, -0.1) is 0 Å². The molecule has 0 aliphatic rings. The topological polar surface area (TPSA) is 49.5 Å². The minimum atomic E-state index is -0.297. The Labute approximate surface area is 78.8 Å². The Morgan fingerprint density at radius 3 is 2.54 bits per heavy atom. The van der Waals surface area contributed by atoms with Crippen molar-refractivity contribution in [3.05, 3.63) is 30.3 Å². The van der Waals surface area contributed by atoms with Crippen LogP contribution in [0.15, 0.2) is 30.3 Å². The third kappa shape index (κ3) is 3.44. The zero-order valence-corrected chi connectivity index (χ0v) is 7.85. The third-order valence-electron chi connectivity index (χ3n) is 1.88. The predicted octanol–water partition coefficient (Wildman–Crippen LogP) is 1.14. The number of nitrogens with two attached hydrogens (primary N) is 1. The number of hydrogen-bond acceptors (Lipinski definition) is 3. The van der Waals surface area contributed by atoms with E-state index in [1.165, 1.54) is 0 Å². The molecule has 1 atom stereocenters. The molecule has 3 N–H and O–H groups in total. The fraction of sp³-hybridized carbons (Fsp3) is 0.400. The van der Waals surface area contributed by atoms with Crippen LogP contribution in [-0.4, -0.2) is 17.8 Å². The van der Waals surface area contributed by atoms with Crippen LogP contribution in [0.3, 0.4) is 0 Å². The van der Waals surface area contributed by atoms with Gasteiger partial charge in [0.05, 0.1) is 11.8 Å². The molecule has 3 heteroatoms. The maximum absolute atomic E-state index is 9.07. The monoisotopic (exact) mass is 180 g/mol. The highest BCUT2D eigenvalue weighted by molar-refractivity contribution is 5.43. The summed E-state index contributed by atoms with van der Waals surface area (Å²) in [5.41, 5.74) is 0.975.